The summed E-state index contributed by atoms with van der Waals surface area (Å²) in [7, 11) is 1.63. The number of rotatable bonds is 2. The largest absolute Gasteiger partial charge is 0.497 e. The Morgan fingerprint density at radius 2 is 2.11 bits per heavy atom. The van der Waals surface area contributed by atoms with Gasteiger partial charge in [-0.05, 0) is 36.2 Å². The maximum atomic E-state index is 11.5. The van der Waals surface area contributed by atoms with E-state index >= 15 is 0 Å². The number of aryl methyl sites for hydroxylation is 1. The fraction of sp³-hybridized carbons (Fsp3) is 0.154. The zero-order valence-corrected chi connectivity index (χ0v) is 10.5. The van der Waals surface area contributed by atoms with Crippen molar-refractivity contribution in [2.45, 2.75) is 6.92 Å². The second kappa shape index (κ2) is 4.24. The van der Waals surface area contributed by atoms with Crippen LogP contribution in [0.2, 0.25) is 0 Å². The first-order chi connectivity index (χ1) is 9.20. The fourth-order valence-electron chi connectivity index (χ4n) is 2.10. The monoisotopic (exact) mass is 256 g/mol. The number of nitrogens with zero attached hydrogens (tertiary/aromatic N) is 3. The number of methoxy groups -OCH3 is 1. The molecule has 0 aliphatic heterocycles. The number of H-pyrrole nitrogens is 1. The summed E-state index contributed by atoms with van der Waals surface area (Å²) in [5, 5.41) is 10.4. The van der Waals surface area contributed by atoms with Crippen molar-refractivity contribution in [1.82, 2.24) is 19.8 Å². The fourth-order valence-corrected chi connectivity index (χ4v) is 2.10. The summed E-state index contributed by atoms with van der Waals surface area (Å²) < 4.78 is 6.44. The van der Waals surface area contributed by atoms with Gasteiger partial charge in [0.1, 0.15) is 5.75 Å². The molecule has 6 heteroatoms. The number of ether oxygens (including phenoxy) is 1. The number of aromatic amines is 1. The van der Waals surface area contributed by atoms with Gasteiger partial charge < -0.3 is 4.74 Å². The summed E-state index contributed by atoms with van der Waals surface area (Å²) in [4.78, 5) is 11.5. The third-order valence-corrected chi connectivity index (χ3v) is 3.04. The van der Waals surface area contributed by atoms with Gasteiger partial charge in [0.05, 0.1) is 7.11 Å². The molecule has 0 amide bonds. The average Bonchev–Trinajstić information content (AvgIpc) is 2.81. The van der Waals surface area contributed by atoms with Crippen LogP contribution in [0.4, 0.5) is 0 Å². The van der Waals surface area contributed by atoms with Gasteiger partial charge in [-0.1, -0.05) is 6.07 Å². The van der Waals surface area contributed by atoms with Crippen LogP contribution >= 0.6 is 0 Å². The minimum absolute atomic E-state index is 0.344. The highest BCUT2D eigenvalue weighted by atomic mass is 16.5. The van der Waals surface area contributed by atoms with Gasteiger partial charge in [-0.2, -0.15) is 14.7 Å². The van der Waals surface area contributed by atoms with E-state index in [1.807, 2.05) is 31.2 Å². The normalized spacial score (nSPS) is 10.8. The Hall–Kier alpha value is -2.63. The Morgan fingerprint density at radius 1 is 1.26 bits per heavy atom. The molecule has 3 aromatic rings. The van der Waals surface area contributed by atoms with Crippen LogP contribution in [0.5, 0.6) is 5.75 Å². The first kappa shape index (κ1) is 11.5. The lowest BCUT2D eigenvalue weighted by molar-refractivity contribution is 0.414. The maximum absolute atomic E-state index is 11.5. The zero-order chi connectivity index (χ0) is 13.4. The lowest BCUT2D eigenvalue weighted by Gasteiger charge is -2.08. The minimum Gasteiger partial charge on any atom is -0.497 e. The van der Waals surface area contributed by atoms with Crippen molar-refractivity contribution in [3.63, 3.8) is 0 Å². The van der Waals surface area contributed by atoms with Crippen LogP contribution in [-0.2, 0) is 0 Å². The third-order valence-electron chi connectivity index (χ3n) is 3.04. The molecule has 0 saturated heterocycles. The van der Waals surface area contributed by atoms with Crippen molar-refractivity contribution >= 4 is 5.65 Å². The van der Waals surface area contributed by atoms with E-state index in [4.69, 9.17) is 4.74 Å². The lowest BCUT2D eigenvalue weighted by Crippen LogP contribution is -2.11. The lowest BCUT2D eigenvalue weighted by atomic mass is 10.0. The number of nitrogens with one attached hydrogen (secondary N) is 1. The molecule has 2 aromatic heterocycles. The molecular formula is C13H12N4O2. The van der Waals surface area contributed by atoms with E-state index in [0.717, 1.165) is 22.4 Å². The van der Waals surface area contributed by atoms with Crippen LogP contribution in [0.25, 0.3) is 16.8 Å². The molecule has 0 aliphatic carbocycles. The van der Waals surface area contributed by atoms with Crippen LogP contribution in [0, 0.1) is 6.92 Å². The van der Waals surface area contributed by atoms with Crippen molar-refractivity contribution in [3.8, 4) is 16.9 Å². The molecule has 96 valence electrons. The number of benzene rings is 1. The van der Waals surface area contributed by atoms with Gasteiger partial charge >= 0.3 is 5.69 Å². The molecule has 6 nitrogen and oxygen atoms in total. The van der Waals surface area contributed by atoms with Crippen molar-refractivity contribution in [2.24, 2.45) is 0 Å². The summed E-state index contributed by atoms with van der Waals surface area (Å²) in [6, 6.07) is 7.61. The van der Waals surface area contributed by atoms with E-state index in [0.29, 0.717) is 5.65 Å². The Kier molecular flexibility index (Phi) is 2.56. The molecule has 0 saturated carbocycles. The van der Waals surface area contributed by atoms with E-state index in [9.17, 15) is 4.79 Å². The van der Waals surface area contributed by atoms with Gasteiger partial charge in [0.2, 0.25) is 0 Å². The molecule has 19 heavy (non-hydrogen) atoms. The molecule has 0 fully saturated rings. The molecule has 0 aliphatic rings. The minimum atomic E-state index is -0.344. The highest BCUT2D eigenvalue weighted by molar-refractivity contribution is 5.79. The van der Waals surface area contributed by atoms with Gasteiger partial charge in [0.25, 0.3) is 0 Å². The van der Waals surface area contributed by atoms with E-state index in [-0.39, 0.29) is 5.69 Å². The number of hydrogen-bond acceptors (Lipinski definition) is 4. The van der Waals surface area contributed by atoms with Gasteiger partial charge in [-0.25, -0.2) is 9.89 Å². The zero-order valence-electron chi connectivity index (χ0n) is 10.5. The first-order valence-electron chi connectivity index (χ1n) is 5.78. The number of fused-ring (bicyclic) bond motifs is 1. The Morgan fingerprint density at radius 3 is 2.84 bits per heavy atom. The van der Waals surface area contributed by atoms with Crippen LogP contribution in [0.1, 0.15) is 5.56 Å². The summed E-state index contributed by atoms with van der Waals surface area (Å²) in [6.07, 6.45) is 1.59. The highest BCUT2D eigenvalue weighted by Crippen LogP contribution is 2.28. The molecule has 1 N–H and O–H groups in total. The molecule has 0 bridgehead atoms. The molecule has 0 spiro atoms. The van der Waals surface area contributed by atoms with Gasteiger partial charge in [-0.15, -0.1) is 0 Å². The molecule has 3 rings (SSSR count). The number of aromatic nitrogens is 4. The molecule has 0 unspecified atom stereocenters. The van der Waals surface area contributed by atoms with E-state index in [1.165, 1.54) is 4.52 Å². The van der Waals surface area contributed by atoms with Crippen LogP contribution in [0.15, 0.2) is 35.3 Å². The third kappa shape index (κ3) is 1.77. The first-order valence-corrected chi connectivity index (χ1v) is 5.78. The van der Waals surface area contributed by atoms with E-state index in [2.05, 4.69) is 15.3 Å². The quantitative estimate of drug-likeness (QED) is 0.752. The molecule has 0 atom stereocenters. The van der Waals surface area contributed by atoms with Gasteiger partial charge in [0.15, 0.2) is 5.65 Å². The van der Waals surface area contributed by atoms with Crippen molar-refractivity contribution in [3.05, 3.63) is 46.5 Å². The van der Waals surface area contributed by atoms with Crippen molar-refractivity contribution in [2.75, 3.05) is 7.11 Å². The van der Waals surface area contributed by atoms with Crippen LogP contribution in [-0.4, -0.2) is 26.9 Å². The van der Waals surface area contributed by atoms with Crippen molar-refractivity contribution < 1.29 is 4.74 Å². The highest BCUT2D eigenvalue weighted by Gasteiger charge is 2.11. The average molecular weight is 256 g/mol. The van der Waals surface area contributed by atoms with Crippen molar-refractivity contribution in [1.29, 1.82) is 0 Å². The molecule has 1 aromatic carbocycles. The Labute approximate surface area is 108 Å². The molecular weight excluding hydrogens is 244 g/mol. The predicted octanol–water partition coefficient (Wildman–Crippen LogP) is 1.40. The Bertz CT molecular complexity index is 804. The summed E-state index contributed by atoms with van der Waals surface area (Å²) >= 11 is 0. The topological polar surface area (TPSA) is 72.3 Å². The second-order valence-electron chi connectivity index (χ2n) is 4.19. The Balaban J connectivity index is 2.27. The summed E-state index contributed by atoms with van der Waals surface area (Å²) in [6.45, 7) is 1.99. The summed E-state index contributed by atoms with van der Waals surface area (Å²) in [5.74, 6) is 0.797. The van der Waals surface area contributed by atoms with E-state index in [1.54, 1.807) is 13.3 Å². The second-order valence-corrected chi connectivity index (χ2v) is 4.19. The van der Waals surface area contributed by atoms with Gasteiger partial charge in [0, 0.05) is 11.8 Å². The maximum Gasteiger partial charge on any atom is 0.364 e. The molecule has 2 heterocycles. The standard InChI is InChI=1S/C13H12N4O2/c1-8-7-9(19-2)3-4-10(8)11-5-6-14-17-12(11)15-16-13(17)18/h3-7H,1-2H3,(H,16,18). The van der Waals surface area contributed by atoms with E-state index < -0.39 is 0 Å². The van der Waals surface area contributed by atoms with Crippen LogP contribution < -0.4 is 10.4 Å². The molecule has 0 radical (unpaired) electrons. The smallest absolute Gasteiger partial charge is 0.364 e. The SMILES string of the molecule is COc1ccc(-c2ccnn3c(=O)[nH]nc23)c(C)c1. The van der Waals surface area contributed by atoms with Crippen LogP contribution in [0.3, 0.4) is 0 Å². The predicted molar refractivity (Wildman–Crippen MR) is 70.3 cm³/mol. The number of hydrogen-bond donors (Lipinski definition) is 1. The summed E-state index contributed by atoms with van der Waals surface area (Å²) in [5.41, 5.74) is 3.06. The van der Waals surface area contributed by atoms with Gasteiger partial charge in [-0.3, -0.25) is 0 Å².